The number of anilines is 1. The minimum Gasteiger partial charge on any atom is -0.399 e. The van der Waals surface area contributed by atoms with E-state index in [0.29, 0.717) is 22.8 Å². The number of hydrogen-bond acceptors (Lipinski definition) is 2. The van der Waals surface area contributed by atoms with Gasteiger partial charge in [0.15, 0.2) is 0 Å². The molecule has 2 N–H and O–H groups in total. The van der Waals surface area contributed by atoms with Gasteiger partial charge in [-0.3, -0.25) is 4.79 Å². The summed E-state index contributed by atoms with van der Waals surface area (Å²) in [7, 11) is 0. The second-order valence-corrected chi connectivity index (χ2v) is 4.70. The van der Waals surface area contributed by atoms with Gasteiger partial charge < -0.3 is 10.6 Å². The molecule has 1 amide bonds. The molecule has 1 heterocycles. The third-order valence-electron chi connectivity index (χ3n) is 2.95. The average Bonchev–Trinajstić information content (AvgIpc) is 2.29. The summed E-state index contributed by atoms with van der Waals surface area (Å²) >= 11 is 6.03. The molecule has 17 heavy (non-hydrogen) atoms. The van der Waals surface area contributed by atoms with Gasteiger partial charge in [0.05, 0.1) is 10.6 Å². The monoisotopic (exact) mass is 250 g/mol. The number of hydrogen-bond donors (Lipinski definition) is 1. The van der Waals surface area contributed by atoms with E-state index in [9.17, 15) is 4.79 Å². The van der Waals surface area contributed by atoms with Crippen LogP contribution < -0.4 is 5.73 Å². The van der Waals surface area contributed by atoms with E-state index in [0.717, 1.165) is 13.0 Å². The fraction of sp³-hybridized carbons (Fsp3) is 0.308. The van der Waals surface area contributed by atoms with E-state index in [1.165, 1.54) is 5.57 Å². The lowest BCUT2D eigenvalue weighted by atomic mass is 10.1. The predicted molar refractivity (Wildman–Crippen MR) is 70.1 cm³/mol. The molecule has 0 unspecified atom stereocenters. The van der Waals surface area contributed by atoms with E-state index >= 15 is 0 Å². The van der Waals surface area contributed by atoms with Gasteiger partial charge in [0.2, 0.25) is 0 Å². The lowest BCUT2D eigenvalue weighted by Crippen LogP contribution is -2.34. The van der Waals surface area contributed by atoms with Gasteiger partial charge in [-0.15, -0.1) is 0 Å². The zero-order chi connectivity index (χ0) is 12.4. The third-order valence-corrected chi connectivity index (χ3v) is 3.26. The Labute approximate surface area is 106 Å². The molecule has 0 saturated heterocycles. The second-order valence-electron chi connectivity index (χ2n) is 4.29. The number of halogens is 1. The Kier molecular flexibility index (Phi) is 3.38. The van der Waals surface area contributed by atoms with Crippen molar-refractivity contribution in [3.63, 3.8) is 0 Å². The fourth-order valence-corrected chi connectivity index (χ4v) is 2.10. The van der Waals surface area contributed by atoms with E-state index < -0.39 is 0 Å². The van der Waals surface area contributed by atoms with Crippen molar-refractivity contribution >= 4 is 23.2 Å². The highest BCUT2D eigenvalue weighted by molar-refractivity contribution is 6.34. The molecule has 0 spiro atoms. The van der Waals surface area contributed by atoms with Crippen molar-refractivity contribution in [3.05, 3.63) is 40.4 Å². The first-order valence-electron chi connectivity index (χ1n) is 5.58. The normalized spacial score (nSPS) is 15.6. The lowest BCUT2D eigenvalue weighted by molar-refractivity contribution is 0.0769. The molecule has 2 rings (SSSR count). The molecule has 3 nitrogen and oxygen atoms in total. The maximum Gasteiger partial charge on any atom is 0.255 e. The van der Waals surface area contributed by atoms with E-state index in [2.05, 4.69) is 13.0 Å². The van der Waals surface area contributed by atoms with Crippen molar-refractivity contribution in [2.75, 3.05) is 18.8 Å². The van der Waals surface area contributed by atoms with Gasteiger partial charge in [-0.05, 0) is 31.5 Å². The Morgan fingerprint density at radius 3 is 2.82 bits per heavy atom. The number of carbonyl (C=O) groups excluding carboxylic acids is 1. The van der Waals surface area contributed by atoms with Crippen LogP contribution in [0.5, 0.6) is 0 Å². The van der Waals surface area contributed by atoms with Crippen LogP contribution in [-0.2, 0) is 0 Å². The Hall–Kier alpha value is -1.48. The molecule has 4 heteroatoms. The van der Waals surface area contributed by atoms with Crippen molar-refractivity contribution in [1.29, 1.82) is 0 Å². The summed E-state index contributed by atoms with van der Waals surface area (Å²) in [4.78, 5) is 14.0. The number of nitrogens with two attached hydrogens (primary N) is 1. The minimum atomic E-state index is -0.0289. The molecule has 1 aromatic carbocycles. The summed E-state index contributed by atoms with van der Waals surface area (Å²) in [6, 6.07) is 5.00. The van der Waals surface area contributed by atoms with Crippen LogP contribution in [-0.4, -0.2) is 23.9 Å². The summed E-state index contributed by atoms with van der Waals surface area (Å²) in [6.45, 7) is 3.49. The zero-order valence-electron chi connectivity index (χ0n) is 9.74. The zero-order valence-corrected chi connectivity index (χ0v) is 10.5. The van der Waals surface area contributed by atoms with Crippen LogP contribution in [0.15, 0.2) is 29.8 Å². The molecule has 0 radical (unpaired) electrons. The molecule has 0 atom stereocenters. The summed E-state index contributed by atoms with van der Waals surface area (Å²) in [6.07, 6.45) is 3.00. The highest BCUT2D eigenvalue weighted by Gasteiger charge is 2.19. The standard InChI is InChI=1S/C13H15ClN2O/c1-9-4-6-16(7-5-9)13(17)11-3-2-10(15)8-12(11)14/h2-4,8H,5-7,15H2,1H3. The maximum atomic E-state index is 12.2. The van der Waals surface area contributed by atoms with Crippen molar-refractivity contribution in [3.8, 4) is 0 Å². The van der Waals surface area contributed by atoms with Crippen LogP contribution >= 0.6 is 11.6 Å². The first-order chi connectivity index (χ1) is 8.08. The van der Waals surface area contributed by atoms with Crippen LogP contribution in [0.2, 0.25) is 5.02 Å². The first kappa shape index (κ1) is 12.0. The Morgan fingerprint density at radius 2 is 2.24 bits per heavy atom. The van der Waals surface area contributed by atoms with Crippen LogP contribution in [0, 0.1) is 0 Å². The maximum absolute atomic E-state index is 12.2. The van der Waals surface area contributed by atoms with Crippen LogP contribution in [0.4, 0.5) is 5.69 Å². The van der Waals surface area contributed by atoms with Crippen molar-refractivity contribution < 1.29 is 4.79 Å². The average molecular weight is 251 g/mol. The molecule has 0 bridgehead atoms. The molecule has 0 aliphatic carbocycles. The van der Waals surface area contributed by atoms with Gasteiger partial charge >= 0.3 is 0 Å². The SMILES string of the molecule is CC1=CCN(C(=O)c2ccc(N)cc2Cl)CC1. The summed E-state index contributed by atoms with van der Waals surface area (Å²) < 4.78 is 0. The van der Waals surface area contributed by atoms with Gasteiger partial charge in [-0.25, -0.2) is 0 Å². The summed E-state index contributed by atoms with van der Waals surface area (Å²) in [5.74, 6) is -0.0289. The minimum absolute atomic E-state index is 0.0289. The Balaban J connectivity index is 2.20. The van der Waals surface area contributed by atoms with Crippen molar-refractivity contribution in [2.45, 2.75) is 13.3 Å². The number of rotatable bonds is 1. The summed E-state index contributed by atoms with van der Waals surface area (Å²) in [5, 5.41) is 0.418. The van der Waals surface area contributed by atoms with Crippen molar-refractivity contribution in [2.24, 2.45) is 0 Å². The quantitative estimate of drug-likeness (QED) is 0.615. The molecular formula is C13H15ClN2O. The molecular weight excluding hydrogens is 236 g/mol. The fourth-order valence-electron chi connectivity index (χ4n) is 1.83. The van der Waals surface area contributed by atoms with E-state index in [-0.39, 0.29) is 5.91 Å². The van der Waals surface area contributed by atoms with Crippen LogP contribution in [0.1, 0.15) is 23.7 Å². The van der Waals surface area contributed by atoms with E-state index in [4.69, 9.17) is 17.3 Å². The molecule has 0 fully saturated rings. The Bertz CT molecular complexity index is 482. The largest absolute Gasteiger partial charge is 0.399 e. The molecule has 1 aromatic rings. The number of nitrogen functional groups attached to an aromatic ring is 1. The van der Waals surface area contributed by atoms with Gasteiger partial charge in [0.1, 0.15) is 0 Å². The highest BCUT2D eigenvalue weighted by Crippen LogP contribution is 2.22. The Morgan fingerprint density at radius 1 is 1.47 bits per heavy atom. The topological polar surface area (TPSA) is 46.3 Å². The van der Waals surface area contributed by atoms with Gasteiger partial charge in [0.25, 0.3) is 5.91 Å². The number of carbonyl (C=O) groups is 1. The van der Waals surface area contributed by atoms with E-state index in [1.807, 2.05) is 0 Å². The molecule has 0 aromatic heterocycles. The highest BCUT2D eigenvalue weighted by atomic mass is 35.5. The molecule has 90 valence electrons. The van der Waals surface area contributed by atoms with Crippen LogP contribution in [0.25, 0.3) is 0 Å². The van der Waals surface area contributed by atoms with Crippen LogP contribution in [0.3, 0.4) is 0 Å². The van der Waals surface area contributed by atoms with Gasteiger partial charge in [-0.2, -0.15) is 0 Å². The number of nitrogens with zero attached hydrogens (tertiary/aromatic N) is 1. The first-order valence-corrected chi connectivity index (χ1v) is 5.95. The second kappa shape index (κ2) is 4.80. The lowest BCUT2D eigenvalue weighted by Gasteiger charge is -2.25. The van der Waals surface area contributed by atoms with Gasteiger partial charge in [-0.1, -0.05) is 23.3 Å². The van der Waals surface area contributed by atoms with E-state index in [1.54, 1.807) is 23.1 Å². The summed E-state index contributed by atoms with van der Waals surface area (Å²) in [5.41, 5.74) is 8.03. The molecule has 1 aliphatic rings. The molecule has 1 aliphatic heterocycles. The molecule has 0 saturated carbocycles. The smallest absolute Gasteiger partial charge is 0.255 e. The van der Waals surface area contributed by atoms with Gasteiger partial charge in [0, 0.05) is 18.8 Å². The number of amides is 1. The van der Waals surface area contributed by atoms with Crippen molar-refractivity contribution in [1.82, 2.24) is 4.90 Å². The number of benzene rings is 1. The predicted octanol–water partition coefficient (Wildman–Crippen LogP) is 2.71. The third kappa shape index (κ3) is 2.61.